The van der Waals surface area contributed by atoms with Gasteiger partial charge in [-0.15, -0.1) is 24.0 Å². The Labute approximate surface area is 217 Å². The molecular weight excluding hydrogens is 543 g/mol. The Balaban J connectivity index is 0.00000274. The van der Waals surface area contributed by atoms with Crippen LogP contribution in [0.5, 0.6) is 0 Å². The average molecular weight is 574 g/mol. The average Bonchev–Trinajstić information content (AvgIpc) is 3.62. The number of carbonyl (C=O) groups excluding carboxylic acids is 2. The second-order valence-electron chi connectivity index (χ2n) is 8.98. The van der Waals surface area contributed by atoms with Crippen molar-refractivity contribution in [2.24, 2.45) is 28.7 Å². The van der Waals surface area contributed by atoms with Gasteiger partial charge in [-0.05, 0) is 42.4 Å². The Bertz CT molecular complexity index is 1010. The first-order valence-corrected chi connectivity index (χ1v) is 11.8. The van der Waals surface area contributed by atoms with Gasteiger partial charge >= 0.3 is 0 Å². The molecule has 0 spiro atoms. The minimum atomic E-state index is -0.141. The molecule has 34 heavy (non-hydrogen) atoms. The number of likely N-dealkylation sites (tertiary alicyclic amines) is 1. The number of nitrogens with one attached hydrogen (secondary N) is 2. The van der Waals surface area contributed by atoms with Crippen molar-refractivity contribution in [2.45, 2.75) is 19.3 Å². The standard InChI is InChI=1S/C26H30N4O3.HI/c31-24-22-19-8-9-20(17-19)23(22)25(32)30(24)15-14-29-26(28-13-11-21-7-4-16-33-21)27-12-10-18-5-2-1-3-6-18;/h1-9,16,19-20,22-23H,10-15,17H2,(H2,27,28,29);1H. The second kappa shape index (κ2) is 11.2. The Kier molecular flexibility index (Phi) is 8.07. The van der Waals surface area contributed by atoms with Gasteiger partial charge in [0.15, 0.2) is 5.96 Å². The van der Waals surface area contributed by atoms with Crippen molar-refractivity contribution < 1.29 is 14.0 Å². The molecule has 1 aliphatic heterocycles. The molecule has 2 bridgehead atoms. The molecule has 180 valence electrons. The summed E-state index contributed by atoms with van der Waals surface area (Å²) in [7, 11) is 0. The van der Waals surface area contributed by atoms with Crippen LogP contribution in [0.2, 0.25) is 0 Å². The summed E-state index contributed by atoms with van der Waals surface area (Å²) in [4.78, 5) is 31.9. The van der Waals surface area contributed by atoms with Gasteiger partial charge in [-0.1, -0.05) is 42.5 Å². The lowest BCUT2D eigenvalue weighted by atomic mass is 9.85. The van der Waals surface area contributed by atoms with E-state index in [-0.39, 0.29) is 59.5 Å². The van der Waals surface area contributed by atoms with Crippen LogP contribution in [0.3, 0.4) is 0 Å². The Hall–Kier alpha value is -2.62. The fourth-order valence-electron chi connectivity index (χ4n) is 5.35. The molecule has 4 unspecified atom stereocenters. The highest BCUT2D eigenvalue weighted by atomic mass is 127. The SMILES string of the molecule is I.O=C1C2C3C=CC(C3)C2C(=O)N1CCNC(=NCCc1ccco1)NCCc1ccccc1. The molecule has 4 atom stereocenters. The molecule has 2 aliphatic carbocycles. The van der Waals surface area contributed by atoms with Gasteiger partial charge in [-0.2, -0.15) is 0 Å². The normalized spacial score (nSPS) is 24.9. The van der Waals surface area contributed by atoms with E-state index in [1.54, 1.807) is 6.26 Å². The van der Waals surface area contributed by atoms with Crippen molar-refractivity contribution in [3.05, 3.63) is 72.2 Å². The van der Waals surface area contributed by atoms with Crippen LogP contribution in [0.4, 0.5) is 0 Å². The molecule has 2 aromatic rings. The molecule has 2 amide bonds. The number of rotatable bonds is 9. The van der Waals surface area contributed by atoms with Crippen molar-refractivity contribution in [2.75, 3.05) is 26.2 Å². The fraction of sp³-hybridized carbons (Fsp3) is 0.423. The number of hydrogen-bond acceptors (Lipinski definition) is 4. The summed E-state index contributed by atoms with van der Waals surface area (Å²) in [6, 6.07) is 14.1. The molecule has 5 rings (SSSR count). The molecular formula is C26H31IN4O3. The van der Waals surface area contributed by atoms with E-state index in [2.05, 4.69) is 39.9 Å². The minimum absolute atomic E-state index is 0. The van der Waals surface area contributed by atoms with Crippen molar-refractivity contribution >= 4 is 41.8 Å². The zero-order chi connectivity index (χ0) is 22.6. The maximum atomic E-state index is 12.9. The van der Waals surface area contributed by atoms with E-state index in [0.717, 1.165) is 25.1 Å². The molecule has 1 saturated heterocycles. The predicted molar refractivity (Wildman–Crippen MR) is 141 cm³/mol. The number of carbonyl (C=O) groups is 2. The van der Waals surface area contributed by atoms with E-state index in [9.17, 15) is 9.59 Å². The van der Waals surface area contributed by atoms with E-state index >= 15 is 0 Å². The topological polar surface area (TPSA) is 86.9 Å². The number of nitrogens with zero attached hydrogens (tertiary/aromatic N) is 2. The lowest BCUT2D eigenvalue weighted by Gasteiger charge is -2.19. The monoisotopic (exact) mass is 574 g/mol. The summed E-state index contributed by atoms with van der Waals surface area (Å²) in [6.45, 7) is 2.14. The van der Waals surface area contributed by atoms with E-state index in [0.29, 0.717) is 32.0 Å². The van der Waals surface area contributed by atoms with Gasteiger partial charge in [-0.3, -0.25) is 19.5 Å². The first-order valence-electron chi connectivity index (χ1n) is 11.8. The molecule has 7 nitrogen and oxygen atoms in total. The molecule has 2 N–H and O–H groups in total. The Morgan fingerprint density at radius 2 is 1.65 bits per heavy atom. The van der Waals surface area contributed by atoms with Crippen LogP contribution >= 0.6 is 24.0 Å². The number of hydrogen-bond donors (Lipinski definition) is 2. The maximum Gasteiger partial charge on any atom is 0.233 e. The molecule has 8 heteroatoms. The highest BCUT2D eigenvalue weighted by Gasteiger charge is 2.58. The number of amides is 2. The summed E-state index contributed by atoms with van der Waals surface area (Å²) in [5.41, 5.74) is 1.25. The van der Waals surface area contributed by atoms with Gasteiger partial charge in [0.1, 0.15) is 5.76 Å². The molecule has 2 fully saturated rings. The van der Waals surface area contributed by atoms with E-state index in [4.69, 9.17) is 4.42 Å². The number of halogens is 1. The number of aliphatic imine (C=N–C) groups is 1. The quantitative estimate of drug-likeness (QED) is 0.158. The molecule has 1 saturated carbocycles. The lowest BCUT2D eigenvalue weighted by Crippen LogP contribution is -2.44. The van der Waals surface area contributed by atoms with Crippen molar-refractivity contribution in [1.29, 1.82) is 0 Å². The molecule has 0 radical (unpaired) electrons. The summed E-state index contributed by atoms with van der Waals surface area (Å²) in [6.07, 6.45) is 8.45. The van der Waals surface area contributed by atoms with Crippen molar-refractivity contribution in [3.63, 3.8) is 0 Å². The number of furan rings is 1. The zero-order valence-electron chi connectivity index (χ0n) is 19.1. The third kappa shape index (κ3) is 5.21. The summed E-state index contributed by atoms with van der Waals surface area (Å²) >= 11 is 0. The Morgan fingerprint density at radius 1 is 0.941 bits per heavy atom. The zero-order valence-corrected chi connectivity index (χ0v) is 21.4. The third-order valence-electron chi connectivity index (χ3n) is 6.95. The first-order chi connectivity index (χ1) is 16.2. The minimum Gasteiger partial charge on any atom is -0.469 e. The van der Waals surface area contributed by atoms with Crippen LogP contribution in [0.25, 0.3) is 0 Å². The van der Waals surface area contributed by atoms with Crippen LogP contribution < -0.4 is 10.6 Å². The van der Waals surface area contributed by atoms with E-state index in [1.165, 1.54) is 10.5 Å². The largest absolute Gasteiger partial charge is 0.469 e. The molecule has 1 aromatic carbocycles. The third-order valence-corrected chi connectivity index (χ3v) is 6.95. The van der Waals surface area contributed by atoms with E-state index in [1.807, 2.05) is 30.3 Å². The molecule has 1 aromatic heterocycles. The Morgan fingerprint density at radius 3 is 2.32 bits per heavy atom. The summed E-state index contributed by atoms with van der Waals surface area (Å²) in [5, 5.41) is 6.67. The van der Waals surface area contributed by atoms with Crippen LogP contribution in [0.1, 0.15) is 17.7 Å². The van der Waals surface area contributed by atoms with Crippen LogP contribution in [-0.4, -0.2) is 48.9 Å². The highest BCUT2D eigenvalue weighted by Crippen LogP contribution is 2.52. The number of imide groups is 1. The van der Waals surface area contributed by atoms with Gasteiger partial charge in [0.05, 0.1) is 18.1 Å². The smallest absolute Gasteiger partial charge is 0.233 e. The molecule has 2 heterocycles. The van der Waals surface area contributed by atoms with Gasteiger partial charge < -0.3 is 15.1 Å². The lowest BCUT2D eigenvalue weighted by molar-refractivity contribution is -0.140. The predicted octanol–water partition coefficient (Wildman–Crippen LogP) is 3.03. The maximum absolute atomic E-state index is 12.9. The van der Waals surface area contributed by atoms with Gasteiger partial charge in [0.2, 0.25) is 11.8 Å². The van der Waals surface area contributed by atoms with Gasteiger partial charge in [0.25, 0.3) is 0 Å². The van der Waals surface area contributed by atoms with Crippen molar-refractivity contribution in [3.8, 4) is 0 Å². The van der Waals surface area contributed by atoms with Gasteiger partial charge in [-0.25, -0.2) is 0 Å². The number of fused-ring (bicyclic) bond motifs is 5. The summed E-state index contributed by atoms with van der Waals surface area (Å²) < 4.78 is 5.39. The van der Waals surface area contributed by atoms with Crippen molar-refractivity contribution in [1.82, 2.24) is 15.5 Å². The van der Waals surface area contributed by atoms with Crippen LogP contribution in [0.15, 0.2) is 70.3 Å². The number of allylic oxidation sites excluding steroid dienone is 2. The van der Waals surface area contributed by atoms with Crippen LogP contribution in [-0.2, 0) is 22.4 Å². The number of benzene rings is 1. The number of guanidine groups is 1. The van der Waals surface area contributed by atoms with Gasteiger partial charge in [0, 0.05) is 32.6 Å². The summed E-state index contributed by atoms with van der Waals surface area (Å²) in [5.74, 6) is 1.77. The van der Waals surface area contributed by atoms with Crippen LogP contribution in [0, 0.1) is 23.7 Å². The first kappa shape index (κ1) is 24.5. The second-order valence-corrected chi connectivity index (χ2v) is 8.98. The molecule has 3 aliphatic rings. The fourth-order valence-corrected chi connectivity index (χ4v) is 5.35. The highest BCUT2D eigenvalue weighted by molar-refractivity contribution is 14.0. The van der Waals surface area contributed by atoms with E-state index < -0.39 is 0 Å².